The Morgan fingerprint density at radius 2 is 1.68 bits per heavy atom. The molecule has 0 heterocycles. The van der Waals surface area contributed by atoms with Crippen molar-refractivity contribution in [1.82, 2.24) is 4.90 Å². The maximum Gasteiger partial charge on any atom is 0.239 e. The number of halogens is 1. The normalized spacial score (nSPS) is 11.3. The van der Waals surface area contributed by atoms with Crippen LogP contribution in [-0.4, -0.2) is 29.9 Å². The van der Waals surface area contributed by atoms with E-state index in [-0.39, 0.29) is 11.7 Å². The molecule has 1 rings (SSSR count). The molecule has 19 heavy (non-hydrogen) atoms. The second-order valence-corrected chi connectivity index (χ2v) is 3.95. The predicted molar refractivity (Wildman–Crippen MR) is 77.4 cm³/mol. The van der Waals surface area contributed by atoms with Gasteiger partial charge >= 0.3 is 0 Å². The van der Waals surface area contributed by atoms with E-state index in [1.54, 1.807) is 17.0 Å². The van der Waals surface area contributed by atoms with Crippen LogP contribution in [0.2, 0.25) is 0 Å². The Hall–Kier alpha value is -1.42. The van der Waals surface area contributed by atoms with Crippen molar-refractivity contribution in [2.75, 3.05) is 13.1 Å². The third-order valence-electron chi connectivity index (χ3n) is 2.76. The van der Waals surface area contributed by atoms with Crippen LogP contribution in [0.15, 0.2) is 24.3 Å². The quantitative estimate of drug-likeness (QED) is 0.892. The molecule has 2 N–H and O–H groups in total. The number of carbonyl (C=O) groups is 1. The number of nitrogens with zero attached hydrogens (tertiary/aromatic N) is 1. The number of carbonyl (C=O) groups excluding carboxylic acids is 1. The molecule has 0 bridgehead atoms. The number of amides is 1. The molecule has 108 valence electrons. The first-order valence-corrected chi connectivity index (χ1v) is 6.87. The van der Waals surface area contributed by atoms with Crippen LogP contribution in [0.5, 0.6) is 0 Å². The highest BCUT2D eigenvalue weighted by Crippen LogP contribution is 2.06. The summed E-state index contributed by atoms with van der Waals surface area (Å²) >= 11 is 0. The first kappa shape index (κ1) is 17.6. The molecule has 0 saturated carbocycles. The lowest BCUT2D eigenvalue weighted by Gasteiger charge is -2.22. The number of nitrogens with two attached hydrogens (primary N) is 1. The van der Waals surface area contributed by atoms with E-state index in [4.69, 9.17) is 5.73 Å². The smallest absolute Gasteiger partial charge is 0.239 e. The van der Waals surface area contributed by atoms with E-state index in [2.05, 4.69) is 0 Å². The number of benzene rings is 1. The zero-order valence-electron chi connectivity index (χ0n) is 12.3. The van der Waals surface area contributed by atoms with Gasteiger partial charge in [-0.1, -0.05) is 26.0 Å². The fourth-order valence-corrected chi connectivity index (χ4v) is 1.73. The lowest BCUT2D eigenvalue weighted by Crippen LogP contribution is -2.44. The highest BCUT2D eigenvalue weighted by atomic mass is 19.1. The third kappa shape index (κ3) is 5.83. The van der Waals surface area contributed by atoms with Crippen LogP contribution in [0, 0.1) is 5.82 Å². The number of likely N-dealkylation sites (N-methyl/N-ethyl adjacent to an activating group) is 1. The van der Waals surface area contributed by atoms with Crippen molar-refractivity contribution in [2.24, 2.45) is 5.73 Å². The van der Waals surface area contributed by atoms with Gasteiger partial charge in [0.25, 0.3) is 0 Å². The first-order chi connectivity index (χ1) is 9.08. The van der Waals surface area contributed by atoms with E-state index in [0.717, 1.165) is 5.56 Å². The molecule has 0 aliphatic carbocycles. The van der Waals surface area contributed by atoms with E-state index >= 15 is 0 Å². The summed E-state index contributed by atoms with van der Waals surface area (Å²) in [6.45, 7) is 9.16. The number of hydrogen-bond acceptors (Lipinski definition) is 2. The molecule has 0 fully saturated rings. The lowest BCUT2D eigenvalue weighted by atomic mass is 10.1. The van der Waals surface area contributed by atoms with Gasteiger partial charge < -0.3 is 10.6 Å². The minimum Gasteiger partial charge on any atom is -0.342 e. The molecule has 0 aliphatic heterocycles. The Bertz CT molecular complexity index is 361. The standard InChI is InChI=1S/C13H19FN2O.C2H6/c1-3-16(4-2)13(17)12(15)9-10-5-7-11(14)8-6-10;1-2/h5-8,12H,3-4,9,15H2,1-2H3;1-2H3/t12-;/m0./s1. The molecule has 4 heteroatoms. The first-order valence-electron chi connectivity index (χ1n) is 6.87. The molecular formula is C15H25FN2O. The van der Waals surface area contributed by atoms with Gasteiger partial charge in [-0.15, -0.1) is 0 Å². The van der Waals surface area contributed by atoms with E-state index in [1.165, 1.54) is 12.1 Å². The van der Waals surface area contributed by atoms with Crippen molar-refractivity contribution in [3.05, 3.63) is 35.6 Å². The highest BCUT2D eigenvalue weighted by Gasteiger charge is 2.18. The lowest BCUT2D eigenvalue weighted by molar-refractivity contribution is -0.132. The molecule has 1 amide bonds. The van der Waals surface area contributed by atoms with E-state index in [9.17, 15) is 9.18 Å². The van der Waals surface area contributed by atoms with Crippen LogP contribution in [0.25, 0.3) is 0 Å². The van der Waals surface area contributed by atoms with E-state index in [1.807, 2.05) is 27.7 Å². The van der Waals surface area contributed by atoms with Gasteiger partial charge in [0.05, 0.1) is 6.04 Å². The monoisotopic (exact) mass is 268 g/mol. The SMILES string of the molecule is CC.CCN(CC)C(=O)[C@@H](N)Cc1ccc(F)cc1. The summed E-state index contributed by atoms with van der Waals surface area (Å²) in [4.78, 5) is 13.6. The van der Waals surface area contributed by atoms with Gasteiger partial charge in [0.15, 0.2) is 0 Å². The van der Waals surface area contributed by atoms with Crippen molar-refractivity contribution in [2.45, 2.75) is 40.2 Å². The maximum atomic E-state index is 12.7. The molecule has 0 aromatic heterocycles. The molecular weight excluding hydrogens is 243 g/mol. The molecule has 1 atom stereocenters. The van der Waals surface area contributed by atoms with E-state index < -0.39 is 6.04 Å². The number of hydrogen-bond donors (Lipinski definition) is 1. The van der Waals surface area contributed by atoms with Crippen molar-refractivity contribution in [1.29, 1.82) is 0 Å². The maximum absolute atomic E-state index is 12.7. The fourth-order valence-electron chi connectivity index (χ4n) is 1.73. The Morgan fingerprint density at radius 3 is 2.11 bits per heavy atom. The summed E-state index contributed by atoms with van der Waals surface area (Å²) in [5, 5.41) is 0. The van der Waals surface area contributed by atoms with E-state index in [0.29, 0.717) is 19.5 Å². The van der Waals surface area contributed by atoms with Crippen molar-refractivity contribution < 1.29 is 9.18 Å². The van der Waals surface area contributed by atoms with Gasteiger partial charge in [-0.25, -0.2) is 4.39 Å². The Kier molecular flexibility index (Phi) is 8.79. The van der Waals surface area contributed by atoms with Crippen LogP contribution >= 0.6 is 0 Å². The van der Waals surface area contributed by atoms with Crippen LogP contribution in [0.4, 0.5) is 4.39 Å². The molecule has 0 spiro atoms. The zero-order valence-corrected chi connectivity index (χ0v) is 12.3. The van der Waals surface area contributed by atoms with Crippen LogP contribution in [0.3, 0.4) is 0 Å². The predicted octanol–water partition coefficient (Wildman–Crippen LogP) is 2.59. The largest absolute Gasteiger partial charge is 0.342 e. The molecule has 0 aliphatic rings. The highest BCUT2D eigenvalue weighted by molar-refractivity contribution is 5.81. The van der Waals surface area contributed by atoms with Gasteiger partial charge in [0, 0.05) is 13.1 Å². The summed E-state index contributed by atoms with van der Waals surface area (Å²) < 4.78 is 12.7. The summed E-state index contributed by atoms with van der Waals surface area (Å²) in [7, 11) is 0. The van der Waals surface area contributed by atoms with Crippen LogP contribution in [-0.2, 0) is 11.2 Å². The van der Waals surface area contributed by atoms with Gasteiger partial charge in [-0.05, 0) is 38.0 Å². The average Bonchev–Trinajstić information content (AvgIpc) is 2.44. The Labute approximate surface area is 115 Å². The zero-order chi connectivity index (χ0) is 14.8. The molecule has 0 saturated heterocycles. The second-order valence-electron chi connectivity index (χ2n) is 3.95. The van der Waals surface area contributed by atoms with Crippen LogP contribution < -0.4 is 5.73 Å². The summed E-state index contributed by atoms with van der Waals surface area (Å²) in [6, 6.07) is 5.52. The van der Waals surface area contributed by atoms with Gasteiger partial charge in [0.1, 0.15) is 5.82 Å². The van der Waals surface area contributed by atoms with Gasteiger partial charge in [-0.2, -0.15) is 0 Å². The molecule has 1 aromatic rings. The molecule has 1 aromatic carbocycles. The van der Waals surface area contributed by atoms with Crippen molar-refractivity contribution >= 4 is 5.91 Å². The van der Waals surface area contributed by atoms with Crippen molar-refractivity contribution in [3.63, 3.8) is 0 Å². The van der Waals surface area contributed by atoms with Gasteiger partial charge in [-0.3, -0.25) is 4.79 Å². The Balaban J connectivity index is 0.00000154. The average molecular weight is 268 g/mol. The minimum atomic E-state index is -0.555. The summed E-state index contributed by atoms with van der Waals surface area (Å²) in [5.74, 6) is -0.336. The minimum absolute atomic E-state index is 0.0562. The second kappa shape index (κ2) is 9.50. The van der Waals surface area contributed by atoms with Crippen molar-refractivity contribution in [3.8, 4) is 0 Å². The summed E-state index contributed by atoms with van der Waals surface area (Å²) in [5.41, 5.74) is 6.73. The topological polar surface area (TPSA) is 46.3 Å². The molecule has 0 unspecified atom stereocenters. The van der Waals surface area contributed by atoms with Crippen LogP contribution in [0.1, 0.15) is 33.3 Å². The third-order valence-corrected chi connectivity index (χ3v) is 2.76. The molecule has 0 radical (unpaired) electrons. The summed E-state index contributed by atoms with van der Waals surface area (Å²) in [6.07, 6.45) is 0.440. The number of rotatable bonds is 5. The Morgan fingerprint density at radius 1 is 1.21 bits per heavy atom. The fraction of sp³-hybridized carbons (Fsp3) is 0.533. The molecule has 3 nitrogen and oxygen atoms in total. The van der Waals surface area contributed by atoms with Gasteiger partial charge in [0.2, 0.25) is 5.91 Å².